The van der Waals surface area contributed by atoms with E-state index in [1.807, 2.05) is 0 Å². The zero-order valence-corrected chi connectivity index (χ0v) is 10.2. The second-order valence-corrected chi connectivity index (χ2v) is 1.95. The fourth-order valence-electron chi connectivity index (χ4n) is 0. The first-order valence-corrected chi connectivity index (χ1v) is 2.39. The van der Waals surface area contributed by atoms with Crippen LogP contribution in [0.2, 0.25) is 0 Å². The van der Waals surface area contributed by atoms with E-state index in [9.17, 15) is 0 Å². The summed E-state index contributed by atoms with van der Waals surface area (Å²) in [5, 5.41) is 3.50. The Morgan fingerprint density at radius 2 is 1.00 bits per heavy atom. The van der Waals surface area contributed by atoms with Crippen molar-refractivity contribution < 1.29 is 22.4 Å². The van der Waals surface area contributed by atoms with Gasteiger partial charge in [0.25, 0.3) is 0 Å². The maximum atomic E-state index is 3.50. The molecule has 0 unspecified atom stereocenters. The minimum Gasteiger partial charge on any atom is -0.693 e. The van der Waals surface area contributed by atoms with Crippen LogP contribution in [0.1, 0.15) is 20.8 Å². The molecule has 0 saturated carbocycles. The number of nitrogens with two attached hydrogens (primary N) is 1. The molecule has 9 heavy (non-hydrogen) atoms. The van der Waals surface area contributed by atoms with Crippen LogP contribution >= 0.6 is 0 Å². The smallest absolute Gasteiger partial charge is 0 e. The van der Waals surface area contributed by atoms with Crippen molar-refractivity contribution in [2.75, 3.05) is 14.1 Å². The van der Waals surface area contributed by atoms with Crippen LogP contribution < -0.4 is 0 Å². The van der Waals surface area contributed by atoms with E-state index in [-0.39, 0.29) is 28.5 Å². The second kappa shape index (κ2) is 23.4. The van der Waals surface area contributed by atoms with Gasteiger partial charge in [0.1, 0.15) is 0 Å². The molecule has 0 aliphatic rings. The average molecular weight is 298 g/mol. The van der Waals surface area contributed by atoms with Gasteiger partial charge in [0.05, 0.1) is 0 Å². The molecule has 0 aromatic heterocycles. The van der Waals surface area contributed by atoms with Gasteiger partial charge in [-0.05, 0) is 0 Å². The van der Waals surface area contributed by atoms with E-state index < -0.39 is 0 Å². The van der Waals surface area contributed by atoms with Gasteiger partial charge < -0.3 is 17.4 Å². The van der Waals surface area contributed by atoms with Crippen LogP contribution in [-0.4, -0.2) is 14.1 Å². The summed E-state index contributed by atoms with van der Waals surface area (Å²) in [6.07, 6.45) is 0. The molecule has 0 rings (SSSR count). The Balaban J connectivity index is -0.0000000233. The fourth-order valence-corrected chi connectivity index (χ4v) is 0. The Labute approximate surface area is 74.9 Å². The van der Waals surface area contributed by atoms with E-state index in [0.29, 0.717) is 0 Å². The molecule has 2 N–H and O–H groups in total. The number of hydrogen-bond donors (Lipinski definition) is 0. The minimum atomic E-state index is 0. The van der Waals surface area contributed by atoms with Crippen LogP contribution in [0.25, 0.3) is 11.5 Å². The molecule has 0 amide bonds. The molecule has 0 bridgehead atoms. The molecule has 0 spiro atoms. The van der Waals surface area contributed by atoms with Crippen LogP contribution in [0.3, 0.4) is 0 Å². The summed E-state index contributed by atoms with van der Waals surface area (Å²) in [6.45, 7) is 6.25. The number of rotatable bonds is 0. The standard InChI is InChI=1S/C4H9.C2H6N.H2N.Ta/c1-4(2)3;1-3-2;;/h1-3H3;1-2H3;1H2;/q3*-1;. The predicted octanol–water partition coefficient (Wildman–Crippen LogP) is 2.95. The fraction of sp³-hybridized carbons (Fsp3) is 0.833. The van der Waals surface area contributed by atoms with Crippen molar-refractivity contribution in [2.24, 2.45) is 0 Å². The normalized spacial score (nSPS) is 6.00. The van der Waals surface area contributed by atoms with Gasteiger partial charge in [-0.2, -0.15) is 34.9 Å². The molecule has 0 fully saturated rings. The maximum Gasteiger partial charge on any atom is 0 e. The van der Waals surface area contributed by atoms with Gasteiger partial charge in [0.2, 0.25) is 0 Å². The van der Waals surface area contributed by atoms with Crippen LogP contribution in [0.15, 0.2) is 0 Å². The summed E-state index contributed by atoms with van der Waals surface area (Å²) in [4.78, 5) is 0. The van der Waals surface area contributed by atoms with E-state index in [0.717, 1.165) is 0 Å². The summed E-state index contributed by atoms with van der Waals surface area (Å²) in [7, 11) is 3.50. The van der Waals surface area contributed by atoms with E-state index >= 15 is 0 Å². The Kier molecular flexibility index (Phi) is 58.8. The van der Waals surface area contributed by atoms with Crippen molar-refractivity contribution in [2.45, 2.75) is 20.8 Å². The van der Waals surface area contributed by atoms with Crippen LogP contribution in [0, 0.1) is 5.92 Å². The van der Waals surface area contributed by atoms with Crippen LogP contribution in [0.4, 0.5) is 0 Å². The first-order chi connectivity index (χ1) is 3.15. The van der Waals surface area contributed by atoms with Crippen molar-refractivity contribution in [3.63, 3.8) is 0 Å². The second-order valence-electron chi connectivity index (χ2n) is 1.95. The van der Waals surface area contributed by atoms with E-state index in [1.54, 1.807) is 14.1 Å². The first kappa shape index (κ1) is 22.6. The minimum absolute atomic E-state index is 0. The van der Waals surface area contributed by atoms with E-state index in [2.05, 4.69) is 26.1 Å². The third-order valence-electron chi connectivity index (χ3n) is 0. The number of hydrogen-bond acceptors (Lipinski definition) is 0. The third kappa shape index (κ3) is 881. The van der Waals surface area contributed by atoms with Crippen molar-refractivity contribution >= 4 is 0 Å². The van der Waals surface area contributed by atoms with Gasteiger partial charge in [-0.1, -0.05) is 0 Å². The Morgan fingerprint density at radius 1 is 1.00 bits per heavy atom. The molecule has 0 saturated heterocycles. The zero-order valence-electron chi connectivity index (χ0n) is 6.97. The molecule has 0 aliphatic carbocycles. The Bertz CT molecular complexity index is 22.3. The molecule has 3 heteroatoms. The predicted molar refractivity (Wildman–Crippen MR) is 40.8 cm³/mol. The monoisotopic (exact) mass is 298 g/mol. The molecule has 0 aromatic carbocycles. The van der Waals surface area contributed by atoms with Gasteiger partial charge in [-0.25, -0.2) is 0 Å². The molecule has 59 valence electrons. The topological polar surface area (TPSA) is 47.6 Å². The van der Waals surface area contributed by atoms with Crippen LogP contribution in [-0.2, 0) is 22.4 Å². The molecule has 0 heterocycles. The largest absolute Gasteiger partial charge is 0.693 e. The van der Waals surface area contributed by atoms with Crippen molar-refractivity contribution in [1.82, 2.24) is 0 Å². The maximum absolute atomic E-state index is 3.50. The average Bonchev–Trinajstić information content (AvgIpc) is 1.33. The first-order valence-electron chi connectivity index (χ1n) is 2.39. The quantitative estimate of drug-likeness (QED) is 0.617. The van der Waals surface area contributed by atoms with Crippen molar-refractivity contribution in [1.29, 1.82) is 0 Å². The SMILES string of the molecule is C[C-](C)C.C[N-]C.[NH2-].[Ta]. The van der Waals surface area contributed by atoms with Gasteiger partial charge >= 0.3 is 0 Å². The Hall–Kier alpha value is 0.660. The number of nitrogens with zero attached hydrogens (tertiary/aromatic N) is 1. The molecule has 0 aliphatic heterocycles. The zero-order chi connectivity index (χ0) is 6.28. The summed E-state index contributed by atoms with van der Waals surface area (Å²) in [5.74, 6) is 1.42. The summed E-state index contributed by atoms with van der Waals surface area (Å²) < 4.78 is 0. The van der Waals surface area contributed by atoms with Gasteiger partial charge in [0, 0.05) is 22.4 Å². The van der Waals surface area contributed by atoms with Crippen LogP contribution in [0.5, 0.6) is 0 Å². The van der Waals surface area contributed by atoms with Gasteiger partial charge in [0.15, 0.2) is 0 Å². The summed E-state index contributed by atoms with van der Waals surface area (Å²) in [6, 6.07) is 0. The molecule has 0 atom stereocenters. The molecule has 0 aromatic rings. The molecule has 2 nitrogen and oxygen atoms in total. The Morgan fingerprint density at radius 3 is 1.00 bits per heavy atom. The van der Waals surface area contributed by atoms with Crippen molar-refractivity contribution in [3.05, 3.63) is 17.4 Å². The molecular weight excluding hydrogens is 281 g/mol. The summed E-state index contributed by atoms with van der Waals surface area (Å²) >= 11 is 0. The van der Waals surface area contributed by atoms with Crippen molar-refractivity contribution in [3.8, 4) is 0 Å². The third-order valence-corrected chi connectivity index (χ3v) is 0. The van der Waals surface area contributed by atoms with E-state index in [1.165, 1.54) is 5.92 Å². The summed E-state index contributed by atoms with van der Waals surface area (Å²) in [5.41, 5.74) is 0. The molecular formula is C6H17N2Ta-3. The molecule has 1 radical (unpaired) electrons. The van der Waals surface area contributed by atoms with E-state index in [4.69, 9.17) is 0 Å². The van der Waals surface area contributed by atoms with Gasteiger partial charge in [-0.15, -0.1) is 0 Å². The van der Waals surface area contributed by atoms with Gasteiger partial charge in [-0.3, -0.25) is 0 Å².